The zero-order valence-electron chi connectivity index (χ0n) is 10.6. The van der Waals surface area contributed by atoms with Crippen molar-refractivity contribution in [2.45, 2.75) is 26.0 Å². The van der Waals surface area contributed by atoms with Gasteiger partial charge in [-0.1, -0.05) is 18.2 Å². The fourth-order valence-electron chi connectivity index (χ4n) is 2.33. The van der Waals surface area contributed by atoms with Crippen LogP contribution >= 0.6 is 0 Å². The van der Waals surface area contributed by atoms with E-state index >= 15 is 0 Å². The molecule has 0 amide bonds. The van der Waals surface area contributed by atoms with Gasteiger partial charge in [0.1, 0.15) is 12.0 Å². The van der Waals surface area contributed by atoms with Crippen LogP contribution in [0.3, 0.4) is 0 Å². The lowest BCUT2D eigenvalue weighted by atomic mass is 9.98. The molecule has 0 radical (unpaired) electrons. The Kier molecular flexibility index (Phi) is 4.85. The van der Waals surface area contributed by atoms with E-state index in [0.29, 0.717) is 6.54 Å². The Labute approximate surface area is 111 Å². The number of carbonyl (C=O) groups is 1. The van der Waals surface area contributed by atoms with Crippen molar-refractivity contribution >= 4 is 6.29 Å². The van der Waals surface area contributed by atoms with Gasteiger partial charge in [0.15, 0.2) is 0 Å². The van der Waals surface area contributed by atoms with Crippen molar-refractivity contribution in [1.82, 2.24) is 4.90 Å². The Morgan fingerprint density at radius 1 is 1.32 bits per heavy atom. The lowest BCUT2D eigenvalue weighted by Gasteiger charge is -2.29. The van der Waals surface area contributed by atoms with Crippen LogP contribution in [0.25, 0.3) is 0 Å². The van der Waals surface area contributed by atoms with Crippen LogP contribution in [-0.2, 0) is 11.3 Å². The number of hydrogen-bond donors (Lipinski definition) is 0. The predicted molar refractivity (Wildman–Crippen MR) is 67.1 cm³/mol. The van der Waals surface area contributed by atoms with Gasteiger partial charge in [-0.05, 0) is 32.0 Å². The van der Waals surface area contributed by atoms with Crippen LogP contribution in [-0.4, -0.2) is 30.9 Å². The van der Waals surface area contributed by atoms with Gasteiger partial charge in [0.25, 0.3) is 0 Å². The molecule has 0 aliphatic carbocycles. The molecule has 1 fully saturated rings. The van der Waals surface area contributed by atoms with Gasteiger partial charge in [-0.3, -0.25) is 4.90 Å². The highest BCUT2D eigenvalue weighted by molar-refractivity contribution is 5.53. The summed E-state index contributed by atoms with van der Waals surface area (Å²) in [5.41, 5.74) is 0.757. The molecule has 1 aromatic rings. The maximum atomic E-state index is 12.3. The molecule has 3 nitrogen and oxygen atoms in total. The number of ether oxygens (including phenoxy) is 1. The molecule has 0 N–H and O–H groups in total. The molecular weight excluding hydrogens is 252 g/mol. The summed E-state index contributed by atoms with van der Waals surface area (Å²) in [4.78, 5) is 12.8. The third kappa shape index (κ3) is 3.99. The third-order valence-corrected chi connectivity index (χ3v) is 3.41. The molecule has 1 heterocycles. The van der Waals surface area contributed by atoms with E-state index in [4.69, 9.17) is 0 Å². The molecule has 19 heavy (non-hydrogen) atoms. The maximum absolute atomic E-state index is 12.3. The van der Waals surface area contributed by atoms with Crippen molar-refractivity contribution in [1.29, 1.82) is 0 Å². The summed E-state index contributed by atoms with van der Waals surface area (Å²) in [6.45, 7) is -0.602. The number of halogens is 2. The van der Waals surface area contributed by atoms with Gasteiger partial charge in [-0.15, -0.1) is 0 Å². The summed E-state index contributed by atoms with van der Waals surface area (Å²) >= 11 is 0. The minimum atomic E-state index is -2.80. The second-order valence-electron chi connectivity index (χ2n) is 4.74. The zero-order chi connectivity index (χ0) is 13.7. The Hall–Kier alpha value is -1.49. The number of rotatable bonds is 5. The van der Waals surface area contributed by atoms with E-state index in [0.717, 1.165) is 37.8 Å². The molecular formula is C14H17F2NO2. The fraction of sp³-hybridized carbons (Fsp3) is 0.500. The minimum Gasteiger partial charge on any atom is -0.434 e. The largest absolute Gasteiger partial charge is 0.434 e. The molecule has 0 bridgehead atoms. The Morgan fingerprint density at radius 2 is 2.00 bits per heavy atom. The lowest BCUT2D eigenvalue weighted by molar-refractivity contribution is -0.112. The summed E-state index contributed by atoms with van der Waals surface area (Å²) in [7, 11) is 0. The first-order chi connectivity index (χ1) is 9.19. The molecule has 0 unspecified atom stereocenters. The van der Waals surface area contributed by atoms with Gasteiger partial charge in [0.05, 0.1) is 0 Å². The van der Waals surface area contributed by atoms with Gasteiger partial charge in [0, 0.05) is 18.0 Å². The summed E-state index contributed by atoms with van der Waals surface area (Å²) in [6, 6.07) is 6.84. The molecule has 1 aliphatic heterocycles. The number of nitrogens with zero attached hydrogens (tertiary/aromatic N) is 1. The highest BCUT2D eigenvalue weighted by atomic mass is 19.3. The summed E-state index contributed by atoms with van der Waals surface area (Å²) in [5.74, 6) is 0.374. The second kappa shape index (κ2) is 6.61. The summed E-state index contributed by atoms with van der Waals surface area (Å²) in [5, 5.41) is 0. The average Bonchev–Trinajstić information content (AvgIpc) is 2.41. The molecule has 1 aliphatic rings. The van der Waals surface area contributed by atoms with E-state index < -0.39 is 6.61 Å². The normalized spacial score (nSPS) is 17.6. The van der Waals surface area contributed by atoms with Gasteiger partial charge in [-0.25, -0.2) is 0 Å². The number of alkyl halides is 2. The van der Waals surface area contributed by atoms with Crippen LogP contribution in [0, 0.1) is 5.92 Å². The van der Waals surface area contributed by atoms with Gasteiger partial charge in [0.2, 0.25) is 0 Å². The van der Waals surface area contributed by atoms with Crippen molar-refractivity contribution in [2.75, 3.05) is 13.1 Å². The Bertz CT molecular complexity index is 418. The Morgan fingerprint density at radius 3 is 2.63 bits per heavy atom. The first kappa shape index (κ1) is 13.9. The van der Waals surface area contributed by atoms with Crippen molar-refractivity contribution in [2.24, 2.45) is 5.92 Å². The molecule has 0 saturated carbocycles. The van der Waals surface area contributed by atoms with E-state index in [1.165, 1.54) is 0 Å². The SMILES string of the molecule is O=CC1CCN(Cc2ccccc2OC(F)F)CC1. The standard InChI is InChI=1S/C14H17F2NO2/c15-14(16)19-13-4-2-1-3-12(13)9-17-7-5-11(10-18)6-8-17/h1-4,10-11,14H,5-9H2. The van der Waals surface area contributed by atoms with Crippen LogP contribution < -0.4 is 4.74 Å². The Balaban J connectivity index is 1.97. The number of hydrogen-bond acceptors (Lipinski definition) is 3. The number of carbonyl (C=O) groups excluding carboxylic acids is 1. The van der Waals surface area contributed by atoms with Gasteiger partial charge >= 0.3 is 6.61 Å². The average molecular weight is 269 g/mol. The molecule has 0 atom stereocenters. The van der Waals surface area contributed by atoms with Crippen molar-refractivity contribution in [3.05, 3.63) is 29.8 Å². The van der Waals surface area contributed by atoms with E-state index in [1.807, 2.05) is 6.07 Å². The number of piperidine rings is 1. The van der Waals surface area contributed by atoms with E-state index in [9.17, 15) is 13.6 Å². The van der Waals surface area contributed by atoms with Crippen LogP contribution in [0.2, 0.25) is 0 Å². The molecule has 1 saturated heterocycles. The van der Waals surface area contributed by atoms with Crippen molar-refractivity contribution in [3.8, 4) is 5.75 Å². The molecule has 0 spiro atoms. The molecule has 1 aromatic carbocycles. The topological polar surface area (TPSA) is 29.5 Å². The summed E-state index contributed by atoms with van der Waals surface area (Å²) < 4.78 is 29.1. The van der Waals surface area contributed by atoms with Crippen molar-refractivity contribution < 1.29 is 18.3 Å². The number of aldehydes is 1. The maximum Gasteiger partial charge on any atom is 0.387 e. The highest BCUT2D eigenvalue weighted by Gasteiger charge is 2.19. The second-order valence-corrected chi connectivity index (χ2v) is 4.74. The lowest BCUT2D eigenvalue weighted by Crippen LogP contribution is -2.33. The minimum absolute atomic E-state index is 0.142. The highest BCUT2D eigenvalue weighted by Crippen LogP contribution is 2.24. The van der Waals surface area contributed by atoms with Crippen LogP contribution in [0.1, 0.15) is 18.4 Å². The first-order valence-electron chi connectivity index (χ1n) is 6.39. The zero-order valence-corrected chi connectivity index (χ0v) is 10.6. The van der Waals surface area contributed by atoms with Gasteiger partial charge in [-0.2, -0.15) is 8.78 Å². The van der Waals surface area contributed by atoms with Gasteiger partial charge < -0.3 is 9.53 Å². The van der Waals surface area contributed by atoms with E-state index in [1.54, 1.807) is 18.2 Å². The van der Waals surface area contributed by atoms with E-state index in [2.05, 4.69) is 9.64 Å². The van der Waals surface area contributed by atoms with Crippen LogP contribution in [0.5, 0.6) is 5.75 Å². The first-order valence-corrected chi connectivity index (χ1v) is 6.39. The molecule has 5 heteroatoms. The van der Waals surface area contributed by atoms with Crippen molar-refractivity contribution in [3.63, 3.8) is 0 Å². The molecule has 0 aromatic heterocycles. The number of likely N-dealkylation sites (tertiary alicyclic amines) is 1. The smallest absolute Gasteiger partial charge is 0.387 e. The molecule has 2 rings (SSSR count). The number of benzene rings is 1. The number of para-hydroxylation sites is 1. The van der Waals surface area contributed by atoms with E-state index in [-0.39, 0.29) is 11.7 Å². The fourth-order valence-corrected chi connectivity index (χ4v) is 2.33. The molecule has 104 valence electrons. The summed E-state index contributed by atoms with van der Waals surface area (Å²) in [6.07, 6.45) is 2.67. The quantitative estimate of drug-likeness (QED) is 0.770. The predicted octanol–water partition coefficient (Wildman–Crippen LogP) is 2.70. The third-order valence-electron chi connectivity index (χ3n) is 3.41. The van der Waals surface area contributed by atoms with Crippen LogP contribution in [0.4, 0.5) is 8.78 Å². The van der Waals surface area contributed by atoms with Crippen LogP contribution in [0.15, 0.2) is 24.3 Å². The monoisotopic (exact) mass is 269 g/mol.